The van der Waals surface area contributed by atoms with E-state index in [9.17, 15) is 4.79 Å². The fraction of sp³-hybridized carbons (Fsp3) is 0.348. The van der Waals surface area contributed by atoms with Crippen molar-refractivity contribution in [2.24, 2.45) is 0 Å². The first-order valence-electron chi connectivity index (χ1n) is 9.99. The molecule has 0 saturated carbocycles. The third-order valence-electron chi connectivity index (χ3n) is 5.23. The number of rotatable bonds is 6. The van der Waals surface area contributed by atoms with E-state index in [4.69, 9.17) is 9.26 Å². The van der Waals surface area contributed by atoms with Crippen LogP contribution in [0.2, 0.25) is 0 Å². The van der Waals surface area contributed by atoms with Gasteiger partial charge < -0.3 is 14.2 Å². The van der Waals surface area contributed by atoms with Gasteiger partial charge in [-0.15, -0.1) is 0 Å². The molecule has 1 fully saturated rings. The predicted octanol–water partition coefficient (Wildman–Crippen LogP) is 4.11. The maximum atomic E-state index is 12.7. The molecule has 0 atom stereocenters. The highest BCUT2D eigenvalue weighted by atomic mass is 16.5. The van der Waals surface area contributed by atoms with Gasteiger partial charge in [0.2, 0.25) is 0 Å². The minimum absolute atomic E-state index is 0.0928. The van der Waals surface area contributed by atoms with Gasteiger partial charge in [0.05, 0.1) is 6.61 Å². The van der Waals surface area contributed by atoms with Crippen LogP contribution in [-0.2, 0) is 18.0 Å². The van der Waals surface area contributed by atoms with Crippen LogP contribution in [0.4, 0.5) is 0 Å². The number of aromatic nitrogens is 2. The van der Waals surface area contributed by atoms with Gasteiger partial charge in [-0.05, 0) is 37.5 Å². The van der Waals surface area contributed by atoms with Crippen molar-refractivity contribution in [3.05, 3.63) is 83.0 Å². The number of hydrogen-bond donors (Lipinski definition) is 0. The summed E-state index contributed by atoms with van der Waals surface area (Å²) in [7, 11) is 0. The summed E-state index contributed by atoms with van der Waals surface area (Å²) >= 11 is 0. The molecule has 1 saturated heterocycles. The molecule has 0 N–H and O–H groups in total. The van der Waals surface area contributed by atoms with Crippen LogP contribution in [0.5, 0.6) is 0 Å². The van der Waals surface area contributed by atoms with E-state index in [1.807, 2.05) is 66.4 Å². The molecule has 29 heavy (non-hydrogen) atoms. The number of carbonyl (C=O) groups excluding carboxylic acids is 1. The summed E-state index contributed by atoms with van der Waals surface area (Å²) in [6.07, 6.45) is 1.67. The van der Waals surface area contributed by atoms with Crippen LogP contribution in [0.3, 0.4) is 0 Å². The molecule has 150 valence electrons. The molecule has 1 aliphatic heterocycles. The fourth-order valence-electron chi connectivity index (χ4n) is 3.62. The molecule has 0 spiro atoms. The SMILES string of the molecule is Cc1cccc(C(=O)N2CCC(c3noc(COCc4ccccc4)n3)CC2)c1. The number of likely N-dealkylation sites (tertiary alicyclic amines) is 1. The Morgan fingerprint density at radius 2 is 1.90 bits per heavy atom. The van der Waals surface area contributed by atoms with Crippen molar-refractivity contribution in [3.63, 3.8) is 0 Å². The first-order valence-corrected chi connectivity index (χ1v) is 9.99. The second kappa shape index (κ2) is 9.01. The Bertz CT molecular complexity index is 947. The van der Waals surface area contributed by atoms with Crippen LogP contribution < -0.4 is 0 Å². The zero-order valence-electron chi connectivity index (χ0n) is 16.6. The average molecular weight is 391 g/mol. The van der Waals surface area contributed by atoms with Crippen molar-refractivity contribution in [2.75, 3.05) is 13.1 Å². The van der Waals surface area contributed by atoms with E-state index in [0.29, 0.717) is 38.0 Å². The van der Waals surface area contributed by atoms with Gasteiger partial charge in [0.15, 0.2) is 5.82 Å². The maximum absolute atomic E-state index is 12.7. The molecular formula is C23H25N3O3. The number of aryl methyl sites for hydroxylation is 1. The van der Waals surface area contributed by atoms with Crippen molar-refractivity contribution in [1.29, 1.82) is 0 Å². The maximum Gasteiger partial charge on any atom is 0.253 e. The van der Waals surface area contributed by atoms with E-state index in [1.54, 1.807) is 0 Å². The number of amides is 1. The second-order valence-electron chi connectivity index (χ2n) is 7.46. The summed E-state index contributed by atoms with van der Waals surface area (Å²) in [6.45, 7) is 4.21. The number of carbonyl (C=O) groups is 1. The van der Waals surface area contributed by atoms with Crippen molar-refractivity contribution >= 4 is 5.91 Å². The van der Waals surface area contributed by atoms with Crippen molar-refractivity contribution in [2.45, 2.75) is 38.9 Å². The summed E-state index contributed by atoms with van der Waals surface area (Å²) in [5.41, 5.74) is 2.96. The zero-order valence-corrected chi connectivity index (χ0v) is 16.6. The molecule has 4 rings (SSSR count). The lowest BCUT2D eigenvalue weighted by molar-refractivity contribution is 0.0710. The van der Waals surface area contributed by atoms with Gasteiger partial charge in [0, 0.05) is 24.6 Å². The highest BCUT2D eigenvalue weighted by molar-refractivity contribution is 5.94. The molecule has 1 aliphatic rings. The number of nitrogens with zero attached hydrogens (tertiary/aromatic N) is 3. The zero-order chi connectivity index (χ0) is 20.1. The van der Waals surface area contributed by atoms with Gasteiger partial charge in [-0.25, -0.2) is 0 Å². The Hall–Kier alpha value is -2.99. The summed E-state index contributed by atoms with van der Waals surface area (Å²) in [4.78, 5) is 19.1. The molecule has 2 aromatic carbocycles. The summed E-state index contributed by atoms with van der Waals surface area (Å²) in [5.74, 6) is 1.51. The fourth-order valence-corrected chi connectivity index (χ4v) is 3.62. The van der Waals surface area contributed by atoms with Crippen LogP contribution in [0.1, 0.15) is 52.0 Å². The highest BCUT2D eigenvalue weighted by Gasteiger charge is 2.27. The molecule has 0 unspecified atom stereocenters. The van der Waals surface area contributed by atoms with Gasteiger partial charge >= 0.3 is 0 Å². The lowest BCUT2D eigenvalue weighted by Crippen LogP contribution is -2.38. The van der Waals surface area contributed by atoms with Crippen LogP contribution >= 0.6 is 0 Å². The van der Waals surface area contributed by atoms with Crippen molar-refractivity contribution in [3.8, 4) is 0 Å². The lowest BCUT2D eigenvalue weighted by atomic mass is 9.95. The topological polar surface area (TPSA) is 68.5 Å². The van der Waals surface area contributed by atoms with Crippen LogP contribution in [0, 0.1) is 6.92 Å². The molecule has 1 amide bonds. The van der Waals surface area contributed by atoms with E-state index in [1.165, 1.54) is 0 Å². The number of ether oxygens (including phenoxy) is 1. The third kappa shape index (κ3) is 4.90. The Labute approximate surface area is 170 Å². The molecule has 0 aliphatic carbocycles. The molecular weight excluding hydrogens is 366 g/mol. The predicted molar refractivity (Wildman–Crippen MR) is 108 cm³/mol. The smallest absolute Gasteiger partial charge is 0.253 e. The van der Waals surface area contributed by atoms with E-state index in [2.05, 4.69) is 10.1 Å². The minimum Gasteiger partial charge on any atom is -0.367 e. The van der Waals surface area contributed by atoms with E-state index in [0.717, 1.165) is 29.5 Å². The van der Waals surface area contributed by atoms with E-state index >= 15 is 0 Å². The van der Waals surface area contributed by atoms with Gasteiger partial charge in [-0.2, -0.15) is 4.98 Å². The monoisotopic (exact) mass is 391 g/mol. The van der Waals surface area contributed by atoms with Gasteiger partial charge in [0.1, 0.15) is 6.61 Å². The van der Waals surface area contributed by atoms with Gasteiger partial charge in [-0.1, -0.05) is 53.2 Å². The van der Waals surface area contributed by atoms with Crippen LogP contribution in [-0.4, -0.2) is 34.0 Å². The molecule has 1 aromatic heterocycles. The van der Waals surface area contributed by atoms with Crippen molar-refractivity contribution < 1.29 is 14.1 Å². The van der Waals surface area contributed by atoms with E-state index in [-0.39, 0.29) is 11.8 Å². The Balaban J connectivity index is 1.27. The Kier molecular flexibility index (Phi) is 6.00. The van der Waals surface area contributed by atoms with Crippen LogP contribution in [0.15, 0.2) is 59.1 Å². The van der Waals surface area contributed by atoms with Crippen molar-refractivity contribution in [1.82, 2.24) is 15.0 Å². The number of hydrogen-bond acceptors (Lipinski definition) is 5. The number of piperidine rings is 1. The first-order chi connectivity index (χ1) is 14.2. The quantitative estimate of drug-likeness (QED) is 0.632. The molecule has 6 nitrogen and oxygen atoms in total. The Morgan fingerprint density at radius 1 is 1.10 bits per heavy atom. The highest BCUT2D eigenvalue weighted by Crippen LogP contribution is 2.27. The summed E-state index contributed by atoms with van der Waals surface area (Å²) in [5, 5.41) is 4.14. The van der Waals surface area contributed by atoms with Gasteiger partial charge in [-0.3, -0.25) is 4.79 Å². The third-order valence-corrected chi connectivity index (χ3v) is 5.23. The average Bonchev–Trinajstić information content (AvgIpc) is 3.23. The molecule has 6 heteroatoms. The standard InChI is InChI=1S/C23H25N3O3/c1-17-6-5-9-20(14-17)23(27)26-12-10-19(11-13-26)22-24-21(29-25-22)16-28-15-18-7-3-2-4-8-18/h2-9,14,19H,10-13,15-16H2,1H3. The minimum atomic E-state index is 0.0928. The summed E-state index contributed by atoms with van der Waals surface area (Å²) in [6, 6.07) is 17.7. The largest absolute Gasteiger partial charge is 0.367 e. The first kappa shape index (κ1) is 19.3. The Morgan fingerprint density at radius 3 is 2.66 bits per heavy atom. The number of benzene rings is 2. The van der Waals surface area contributed by atoms with E-state index < -0.39 is 0 Å². The normalized spacial score (nSPS) is 14.9. The molecule has 2 heterocycles. The second-order valence-corrected chi connectivity index (χ2v) is 7.46. The lowest BCUT2D eigenvalue weighted by Gasteiger charge is -2.30. The molecule has 0 bridgehead atoms. The summed E-state index contributed by atoms with van der Waals surface area (Å²) < 4.78 is 11.0. The molecule has 3 aromatic rings. The van der Waals surface area contributed by atoms with Gasteiger partial charge in [0.25, 0.3) is 11.8 Å². The molecule has 0 radical (unpaired) electrons. The van der Waals surface area contributed by atoms with Crippen LogP contribution in [0.25, 0.3) is 0 Å².